The van der Waals surface area contributed by atoms with Gasteiger partial charge in [0.05, 0.1) is 30.6 Å². The molecule has 0 radical (unpaired) electrons. The van der Waals surface area contributed by atoms with Crippen LogP contribution in [-0.4, -0.2) is 37.0 Å². The van der Waals surface area contributed by atoms with Gasteiger partial charge >= 0.3 is 12.0 Å². The number of allylic oxidation sites excluding steroid dienone is 2. The van der Waals surface area contributed by atoms with Crippen LogP contribution in [0.1, 0.15) is 76.8 Å². The van der Waals surface area contributed by atoms with Crippen molar-refractivity contribution in [1.29, 1.82) is 0 Å². The highest BCUT2D eigenvalue weighted by atomic mass is 19.1. The van der Waals surface area contributed by atoms with E-state index in [1.54, 1.807) is 13.3 Å². The minimum Gasteiger partial charge on any atom is -0.481 e. The van der Waals surface area contributed by atoms with Crippen LogP contribution in [0.5, 0.6) is 0 Å². The standard InChI is InChI=1S/C34H47FN4O3/c1-8-23(4)17-27(19-26-11-14-30(35)15-12-26)18-24(5)38-31-16-13-29(28(9-2)21-33(40)41)20-32(31)39-25(6)22-37-34(36-7)42-10-3/h11-16,20,22-23,27-28,38-39H,5-6,8-10,17-19,21H2,1-4,7H3,(H,40,41)/t23?,27?,28-/m0/s1. The van der Waals surface area contributed by atoms with Gasteiger partial charge in [0.2, 0.25) is 0 Å². The maximum absolute atomic E-state index is 13.5. The second kappa shape index (κ2) is 17.8. The molecule has 0 spiro atoms. The van der Waals surface area contributed by atoms with E-state index < -0.39 is 5.97 Å². The lowest BCUT2D eigenvalue weighted by Crippen LogP contribution is -2.14. The molecule has 2 rings (SSSR count). The Morgan fingerprint density at radius 2 is 1.76 bits per heavy atom. The Balaban J connectivity index is 2.31. The number of carboxylic acid groups (broad SMARTS) is 1. The molecular formula is C34H47FN4O3. The summed E-state index contributed by atoms with van der Waals surface area (Å²) in [6.07, 6.45) is 5.97. The van der Waals surface area contributed by atoms with Crippen molar-refractivity contribution in [2.24, 2.45) is 21.8 Å². The van der Waals surface area contributed by atoms with Crippen LogP contribution in [0, 0.1) is 17.7 Å². The first-order valence-electron chi connectivity index (χ1n) is 14.7. The summed E-state index contributed by atoms with van der Waals surface area (Å²) in [5.74, 6) is -0.318. The minimum atomic E-state index is -0.834. The number of carbonyl (C=O) groups is 1. The highest BCUT2D eigenvalue weighted by Crippen LogP contribution is 2.33. The second-order valence-electron chi connectivity index (χ2n) is 10.7. The third-order valence-corrected chi connectivity index (χ3v) is 7.24. The average molecular weight is 579 g/mol. The highest BCUT2D eigenvalue weighted by Gasteiger charge is 2.18. The summed E-state index contributed by atoms with van der Waals surface area (Å²) in [5.41, 5.74) is 4.91. The van der Waals surface area contributed by atoms with Crippen molar-refractivity contribution in [2.75, 3.05) is 24.3 Å². The van der Waals surface area contributed by atoms with Gasteiger partial charge in [-0.15, -0.1) is 0 Å². The largest absolute Gasteiger partial charge is 0.481 e. The van der Waals surface area contributed by atoms with Crippen molar-refractivity contribution in [3.63, 3.8) is 0 Å². The Morgan fingerprint density at radius 3 is 2.36 bits per heavy atom. The molecule has 0 amide bonds. The number of aliphatic carboxylic acids is 1. The van der Waals surface area contributed by atoms with Crippen LogP contribution in [0.15, 0.2) is 77.0 Å². The molecule has 0 aliphatic heterocycles. The molecule has 0 aliphatic rings. The minimum absolute atomic E-state index is 0.0448. The molecule has 0 aromatic heterocycles. The summed E-state index contributed by atoms with van der Waals surface area (Å²) in [4.78, 5) is 19.7. The summed E-state index contributed by atoms with van der Waals surface area (Å²) in [6.45, 7) is 17.2. The number of nitrogens with zero attached hydrogens (tertiary/aromatic N) is 2. The topological polar surface area (TPSA) is 95.3 Å². The molecule has 0 bridgehead atoms. The lowest BCUT2D eigenvalue weighted by molar-refractivity contribution is -0.137. The van der Waals surface area contributed by atoms with E-state index in [1.165, 1.54) is 12.1 Å². The van der Waals surface area contributed by atoms with Crippen molar-refractivity contribution < 1.29 is 19.0 Å². The number of ether oxygens (including phenoxy) is 1. The van der Waals surface area contributed by atoms with Crippen molar-refractivity contribution >= 4 is 29.6 Å². The van der Waals surface area contributed by atoms with E-state index in [-0.39, 0.29) is 24.2 Å². The van der Waals surface area contributed by atoms with Gasteiger partial charge in [-0.1, -0.05) is 58.5 Å². The van der Waals surface area contributed by atoms with Crippen LogP contribution in [0.4, 0.5) is 15.8 Å². The summed E-state index contributed by atoms with van der Waals surface area (Å²) in [6, 6.07) is 12.8. The quantitative estimate of drug-likeness (QED) is 0.129. The Morgan fingerprint density at radius 1 is 1.05 bits per heavy atom. The molecule has 7 nitrogen and oxygen atoms in total. The number of hydrogen-bond acceptors (Lipinski definition) is 5. The Labute approximate surface area is 250 Å². The lowest BCUT2D eigenvalue weighted by atomic mass is 9.86. The number of nitrogens with one attached hydrogen (secondary N) is 2. The van der Waals surface area contributed by atoms with E-state index in [9.17, 15) is 14.3 Å². The van der Waals surface area contributed by atoms with Crippen LogP contribution < -0.4 is 10.6 Å². The van der Waals surface area contributed by atoms with Gasteiger partial charge in [-0.3, -0.25) is 4.79 Å². The Hall–Kier alpha value is -3.94. The fourth-order valence-corrected chi connectivity index (χ4v) is 4.88. The van der Waals surface area contributed by atoms with E-state index in [2.05, 4.69) is 47.6 Å². The smallest absolute Gasteiger partial charge is 0.311 e. The van der Waals surface area contributed by atoms with Crippen LogP contribution in [-0.2, 0) is 16.0 Å². The molecule has 2 aromatic carbocycles. The molecule has 0 heterocycles. The van der Waals surface area contributed by atoms with Crippen molar-refractivity contribution in [3.8, 4) is 0 Å². The van der Waals surface area contributed by atoms with E-state index in [1.807, 2.05) is 44.2 Å². The third-order valence-electron chi connectivity index (χ3n) is 7.24. The number of aliphatic imine (C=N–C) groups is 2. The first-order chi connectivity index (χ1) is 20.1. The van der Waals surface area contributed by atoms with Gasteiger partial charge in [-0.2, -0.15) is 0 Å². The zero-order chi connectivity index (χ0) is 31.1. The van der Waals surface area contributed by atoms with Crippen molar-refractivity contribution in [1.82, 2.24) is 0 Å². The Kier molecular flexibility index (Phi) is 14.5. The van der Waals surface area contributed by atoms with Gasteiger partial charge in [-0.25, -0.2) is 14.4 Å². The molecule has 2 unspecified atom stereocenters. The Bertz CT molecular complexity index is 1240. The fourth-order valence-electron chi connectivity index (χ4n) is 4.88. The molecule has 42 heavy (non-hydrogen) atoms. The second-order valence-corrected chi connectivity index (χ2v) is 10.7. The summed E-state index contributed by atoms with van der Waals surface area (Å²) < 4.78 is 18.9. The van der Waals surface area contributed by atoms with Crippen LogP contribution in [0.25, 0.3) is 0 Å². The number of anilines is 2. The SMILES string of the molecule is C=C(C=NC(=NC)OCC)Nc1cc([C@@H](CC)CC(=O)O)ccc1NC(=C)CC(Cc1ccc(F)cc1)CC(C)CC. The van der Waals surface area contributed by atoms with Crippen molar-refractivity contribution in [3.05, 3.63) is 84.0 Å². The predicted octanol–water partition coefficient (Wildman–Crippen LogP) is 8.42. The number of carboxylic acids is 1. The molecule has 228 valence electrons. The summed E-state index contributed by atoms with van der Waals surface area (Å²) in [5, 5.41) is 16.2. The van der Waals surface area contributed by atoms with Gasteiger partial charge in [0.25, 0.3) is 0 Å². The monoisotopic (exact) mass is 578 g/mol. The molecule has 8 heteroatoms. The zero-order valence-corrected chi connectivity index (χ0v) is 25.8. The van der Waals surface area contributed by atoms with Gasteiger partial charge in [-0.05, 0) is 85.8 Å². The lowest BCUT2D eigenvalue weighted by Gasteiger charge is -2.24. The van der Waals surface area contributed by atoms with Crippen LogP contribution in [0.2, 0.25) is 0 Å². The fraction of sp³-hybridized carbons (Fsp3) is 0.441. The highest BCUT2D eigenvalue weighted by molar-refractivity contribution is 5.93. The zero-order valence-electron chi connectivity index (χ0n) is 25.8. The van der Waals surface area contributed by atoms with Gasteiger partial charge < -0.3 is 20.5 Å². The van der Waals surface area contributed by atoms with Crippen LogP contribution in [0.3, 0.4) is 0 Å². The van der Waals surface area contributed by atoms with E-state index in [0.29, 0.717) is 30.6 Å². The molecular weight excluding hydrogens is 531 g/mol. The first-order valence-corrected chi connectivity index (χ1v) is 14.7. The maximum atomic E-state index is 13.5. The molecule has 0 aliphatic carbocycles. The maximum Gasteiger partial charge on any atom is 0.311 e. The number of halogens is 1. The number of amidine groups is 1. The number of hydrogen-bond donors (Lipinski definition) is 3. The third kappa shape index (κ3) is 11.9. The van der Waals surface area contributed by atoms with E-state index >= 15 is 0 Å². The number of rotatable bonds is 17. The van der Waals surface area contributed by atoms with Crippen molar-refractivity contribution in [2.45, 2.75) is 72.1 Å². The molecule has 0 fully saturated rings. The van der Waals surface area contributed by atoms with E-state index in [4.69, 9.17) is 4.74 Å². The first kappa shape index (κ1) is 34.3. The molecule has 3 N–H and O–H groups in total. The molecule has 3 atom stereocenters. The molecule has 0 saturated carbocycles. The van der Waals surface area contributed by atoms with Gasteiger partial charge in [0, 0.05) is 18.4 Å². The molecule has 0 saturated heterocycles. The molecule has 2 aromatic rings. The number of benzene rings is 2. The average Bonchev–Trinajstić information content (AvgIpc) is 2.95. The summed E-state index contributed by atoms with van der Waals surface area (Å²) in [7, 11) is 1.60. The van der Waals surface area contributed by atoms with Crippen LogP contribution >= 0.6 is 0 Å². The summed E-state index contributed by atoms with van der Waals surface area (Å²) >= 11 is 0. The van der Waals surface area contributed by atoms with E-state index in [0.717, 1.165) is 53.9 Å². The van der Waals surface area contributed by atoms with Gasteiger partial charge in [0.1, 0.15) is 5.82 Å². The van der Waals surface area contributed by atoms with Gasteiger partial charge in [0.15, 0.2) is 0 Å². The normalized spacial score (nSPS) is 13.8. The predicted molar refractivity (Wildman–Crippen MR) is 173 cm³/mol.